The molecule has 11 heteroatoms. The van der Waals surface area contributed by atoms with E-state index in [0.29, 0.717) is 13.0 Å². The van der Waals surface area contributed by atoms with Gasteiger partial charge in [0.25, 0.3) is 0 Å². The molecule has 0 spiro atoms. The maximum absolute atomic E-state index is 12.7. The minimum Gasteiger partial charge on any atom is -0.481 e. The number of amides is 3. The molecule has 0 saturated carbocycles. The Kier molecular flexibility index (Phi) is 9.70. The topological polar surface area (TPSA) is 174 Å². The van der Waals surface area contributed by atoms with Crippen molar-refractivity contribution in [2.24, 2.45) is 11.8 Å². The van der Waals surface area contributed by atoms with Gasteiger partial charge in [-0.25, -0.2) is 4.79 Å². The van der Waals surface area contributed by atoms with Crippen LogP contribution in [0.15, 0.2) is 0 Å². The Labute approximate surface area is 175 Å². The molecule has 4 unspecified atom stereocenters. The second-order valence-corrected chi connectivity index (χ2v) is 8.11. The molecule has 1 aliphatic heterocycles. The van der Waals surface area contributed by atoms with Crippen LogP contribution in [0, 0.1) is 11.8 Å². The van der Waals surface area contributed by atoms with Gasteiger partial charge in [0.05, 0.1) is 12.5 Å². The number of nitrogens with one attached hydrogen (secondary N) is 4. The molecule has 1 rings (SSSR count). The van der Waals surface area contributed by atoms with Gasteiger partial charge in [-0.2, -0.15) is 0 Å². The maximum Gasteiger partial charge on any atom is 0.326 e. The smallest absolute Gasteiger partial charge is 0.326 e. The summed E-state index contributed by atoms with van der Waals surface area (Å²) < 4.78 is 0. The van der Waals surface area contributed by atoms with Crippen LogP contribution in [0.2, 0.25) is 0 Å². The van der Waals surface area contributed by atoms with Crippen molar-refractivity contribution in [3.8, 4) is 0 Å². The Morgan fingerprint density at radius 2 is 1.47 bits per heavy atom. The lowest BCUT2D eigenvalue weighted by Gasteiger charge is -2.27. The molecular weight excluding hydrogens is 396 g/mol. The number of carboxylic acids is 2. The summed E-state index contributed by atoms with van der Waals surface area (Å²) in [6, 6.07) is -4.11. The molecule has 1 heterocycles. The first-order chi connectivity index (χ1) is 13.9. The average molecular weight is 428 g/mol. The molecule has 30 heavy (non-hydrogen) atoms. The predicted molar refractivity (Wildman–Crippen MR) is 106 cm³/mol. The van der Waals surface area contributed by atoms with Crippen LogP contribution in [-0.4, -0.2) is 70.6 Å². The van der Waals surface area contributed by atoms with Gasteiger partial charge >= 0.3 is 11.9 Å². The van der Waals surface area contributed by atoms with Crippen molar-refractivity contribution in [1.82, 2.24) is 21.3 Å². The van der Waals surface area contributed by atoms with Crippen LogP contribution in [0.4, 0.5) is 0 Å². The van der Waals surface area contributed by atoms with Crippen molar-refractivity contribution >= 4 is 29.7 Å². The summed E-state index contributed by atoms with van der Waals surface area (Å²) >= 11 is 0. The van der Waals surface area contributed by atoms with Crippen LogP contribution < -0.4 is 21.3 Å². The molecule has 1 aliphatic rings. The van der Waals surface area contributed by atoms with E-state index in [1.807, 2.05) is 0 Å². The summed E-state index contributed by atoms with van der Waals surface area (Å²) in [5, 5.41) is 28.6. The van der Waals surface area contributed by atoms with Crippen molar-refractivity contribution in [3.05, 3.63) is 0 Å². The van der Waals surface area contributed by atoms with Crippen LogP contribution in [0.25, 0.3) is 0 Å². The zero-order valence-electron chi connectivity index (χ0n) is 17.7. The van der Waals surface area contributed by atoms with E-state index in [1.165, 1.54) is 0 Å². The van der Waals surface area contributed by atoms with Crippen molar-refractivity contribution in [2.45, 2.75) is 71.1 Å². The predicted octanol–water partition coefficient (Wildman–Crippen LogP) is -0.936. The first-order valence-corrected chi connectivity index (χ1v) is 10.0. The highest BCUT2D eigenvalue weighted by Gasteiger charge is 2.34. The lowest BCUT2D eigenvalue weighted by atomic mass is 9.99. The third-order valence-corrected chi connectivity index (χ3v) is 4.87. The van der Waals surface area contributed by atoms with Crippen LogP contribution in [0.1, 0.15) is 47.0 Å². The Bertz CT molecular complexity index is 659. The fourth-order valence-electron chi connectivity index (χ4n) is 3.11. The third kappa shape index (κ3) is 7.62. The van der Waals surface area contributed by atoms with Gasteiger partial charge in [-0.05, 0) is 31.2 Å². The quantitative estimate of drug-likeness (QED) is 0.245. The number of rotatable bonds is 11. The van der Waals surface area contributed by atoms with Crippen molar-refractivity contribution in [1.29, 1.82) is 0 Å². The Morgan fingerprint density at radius 3 is 1.90 bits per heavy atom. The monoisotopic (exact) mass is 428 g/mol. The number of hydrogen-bond acceptors (Lipinski definition) is 6. The second-order valence-electron chi connectivity index (χ2n) is 8.11. The van der Waals surface area contributed by atoms with E-state index in [-0.39, 0.29) is 5.92 Å². The van der Waals surface area contributed by atoms with Gasteiger partial charge in [-0.15, -0.1) is 0 Å². The van der Waals surface area contributed by atoms with Gasteiger partial charge in [0.1, 0.15) is 18.1 Å². The van der Waals surface area contributed by atoms with Crippen molar-refractivity contribution in [3.63, 3.8) is 0 Å². The number of hydrogen-bond donors (Lipinski definition) is 6. The zero-order chi connectivity index (χ0) is 23.0. The minimum absolute atomic E-state index is 0.382. The number of aliphatic carboxylic acids is 2. The molecule has 170 valence electrons. The number of carbonyl (C=O) groups excluding carboxylic acids is 3. The SMILES string of the molecule is CC(C)C(NC(=O)C(NC(=O)C(CC(=O)O)NC(=O)C1CCCN1)C(C)C)C(=O)O. The molecule has 11 nitrogen and oxygen atoms in total. The van der Waals surface area contributed by atoms with Gasteiger partial charge in [0.15, 0.2) is 0 Å². The van der Waals surface area contributed by atoms with E-state index >= 15 is 0 Å². The van der Waals surface area contributed by atoms with Crippen molar-refractivity contribution in [2.75, 3.05) is 6.54 Å². The molecule has 0 bridgehead atoms. The summed E-state index contributed by atoms with van der Waals surface area (Å²) in [6.07, 6.45) is 0.723. The van der Waals surface area contributed by atoms with E-state index in [4.69, 9.17) is 5.11 Å². The van der Waals surface area contributed by atoms with Gasteiger partial charge in [-0.3, -0.25) is 19.2 Å². The summed E-state index contributed by atoms with van der Waals surface area (Å²) in [6.45, 7) is 7.24. The molecule has 1 saturated heterocycles. The molecule has 1 fully saturated rings. The maximum atomic E-state index is 12.7. The molecule has 0 aromatic rings. The Balaban J connectivity index is 2.89. The van der Waals surface area contributed by atoms with E-state index in [0.717, 1.165) is 6.42 Å². The average Bonchev–Trinajstić information content (AvgIpc) is 3.16. The Hall–Kier alpha value is -2.69. The normalized spacial score (nSPS) is 19.1. The molecule has 0 aliphatic carbocycles. The second kappa shape index (κ2) is 11.5. The standard InChI is InChI=1S/C19H32N4O7/c1-9(2)14(18(28)23-15(10(3)4)19(29)30)22-17(27)12(8-13(24)25)21-16(26)11-6-5-7-20-11/h9-12,14-15,20H,5-8H2,1-4H3,(H,21,26)(H,22,27)(H,23,28)(H,24,25)(H,29,30). The summed E-state index contributed by atoms with van der Waals surface area (Å²) in [5.74, 6) is -5.28. The van der Waals surface area contributed by atoms with Crippen LogP contribution in [-0.2, 0) is 24.0 Å². The highest BCUT2D eigenvalue weighted by atomic mass is 16.4. The number of carboxylic acid groups (broad SMARTS) is 2. The van der Waals surface area contributed by atoms with Crippen LogP contribution in [0.3, 0.4) is 0 Å². The van der Waals surface area contributed by atoms with E-state index in [2.05, 4.69) is 21.3 Å². The molecule has 0 aromatic heterocycles. The first-order valence-electron chi connectivity index (χ1n) is 10.0. The van der Waals surface area contributed by atoms with E-state index in [9.17, 15) is 29.1 Å². The highest BCUT2D eigenvalue weighted by molar-refractivity contribution is 5.95. The minimum atomic E-state index is -1.37. The van der Waals surface area contributed by atoms with Gasteiger partial charge in [-0.1, -0.05) is 27.7 Å². The van der Waals surface area contributed by atoms with E-state index < -0.39 is 66.2 Å². The summed E-state index contributed by atoms with van der Waals surface area (Å²) in [4.78, 5) is 60.1. The zero-order valence-corrected chi connectivity index (χ0v) is 17.7. The Morgan fingerprint density at radius 1 is 0.900 bits per heavy atom. The summed E-state index contributed by atoms with van der Waals surface area (Å²) in [7, 11) is 0. The van der Waals surface area contributed by atoms with Gasteiger partial charge in [0.2, 0.25) is 17.7 Å². The largest absolute Gasteiger partial charge is 0.481 e. The van der Waals surface area contributed by atoms with E-state index in [1.54, 1.807) is 27.7 Å². The summed E-state index contributed by atoms with van der Waals surface area (Å²) in [5.41, 5.74) is 0. The fraction of sp³-hybridized carbons (Fsp3) is 0.737. The van der Waals surface area contributed by atoms with Crippen molar-refractivity contribution < 1.29 is 34.2 Å². The third-order valence-electron chi connectivity index (χ3n) is 4.87. The fourth-order valence-corrected chi connectivity index (χ4v) is 3.11. The van der Waals surface area contributed by atoms with Crippen LogP contribution >= 0.6 is 0 Å². The molecule has 0 aromatic carbocycles. The molecule has 0 radical (unpaired) electrons. The molecular formula is C19H32N4O7. The van der Waals surface area contributed by atoms with Crippen LogP contribution in [0.5, 0.6) is 0 Å². The lowest BCUT2D eigenvalue weighted by Crippen LogP contribution is -2.59. The highest BCUT2D eigenvalue weighted by Crippen LogP contribution is 2.09. The van der Waals surface area contributed by atoms with Gasteiger partial charge < -0.3 is 31.5 Å². The first kappa shape index (κ1) is 25.3. The lowest BCUT2D eigenvalue weighted by molar-refractivity contribution is -0.144. The molecule has 6 N–H and O–H groups in total. The molecule has 4 atom stereocenters. The molecule has 3 amide bonds. The van der Waals surface area contributed by atoms with Gasteiger partial charge in [0, 0.05) is 0 Å². The number of carbonyl (C=O) groups is 5.